The summed E-state index contributed by atoms with van der Waals surface area (Å²) in [5.74, 6) is 0.108. The van der Waals surface area contributed by atoms with Crippen molar-refractivity contribution < 1.29 is 13.9 Å². The number of carbonyl (C=O) groups is 1. The average molecular weight is 391 g/mol. The second-order valence-electron chi connectivity index (χ2n) is 6.34. The number of hydrogen-bond acceptors (Lipinski definition) is 4. The number of anilines is 1. The van der Waals surface area contributed by atoms with Crippen LogP contribution in [0, 0.1) is 5.82 Å². The Morgan fingerprint density at radius 3 is 2.93 bits per heavy atom. The molecule has 0 bridgehead atoms. The average Bonchev–Trinajstić information content (AvgIpc) is 3.38. The Kier molecular flexibility index (Phi) is 3.95. The minimum Gasteiger partial charge on any atom is -0.488 e. The van der Waals surface area contributed by atoms with Crippen LogP contribution in [0.15, 0.2) is 67.3 Å². The first-order valence-electron chi connectivity index (χ1n) is 8.63. The Bertz CT molecular complexity index is 1180. The smallest absolute Gasteiger partial charge is 0.265 e. The van der Waals surface area contributed by atoms with E-state index in [9.17, 15) is 9.18 Å². The highest BCUT2D eigenvalue weighted by atomic mass is 32.1. The van der Waals surface area contributed by atoms with Gasteiger partial charge in [0.2, 0.25) is 0 Å². The van der Waals surface area contributed by atoms with E-state index in [1.807, 2.05) is 30.3 Å². The van der Waals surface area contributed by atoms with Crippen molar-refractivity contribution in [2.45, 2.75) is 6.61 Å². The zero-order chi connectivity index (χ0) is 19.1. The van der Waals surface area contributed by atoms with Gasteiger partial charge in [-0.05, 0) is 36.4 Å². The molecule has 0 spiro atoms. The first-order chi connectivity index (χ1) is 13.7. The maximum absolute atomic E-state index is 14.4. The van der Waals surface area contributed by atoms with Crippen LogP contribution in [-0.4, -0.2) is 15.5 Å². The summed E-state index contributed by atoms with van der Waals surface area (Å²) >= 11 is 1.41. The third-order valence-corrected chi connectivity index (χ3v) is 5.75. The molecule has 0 radical (unpaired) electrons. The number of nitrogens with zero attached hydrogens (tertiary/aromatic N) is 2. The van der Waals surface area contributed by atoms with Gasteiger partial charge >= 0.3 is 0 Å². The van der Waals surface area contributed by atoms with Crippen molar-refractivity contribution >= 4 is 22.9 Å². The van der Waals surface area contributed by atoms with Crippen LogP contribution in [0.25, 0.3) is 16.1 Å². The maximum Gasteiger partial charge on any atom is 0.265 e. The summed E-state index contributed by atoms with van der Waals surface area (Å²) in [6.45, 7) is 0.435. The molecule has 0 unspecified atom stereocenters. The van der Waals surface area contributed by atoms with Crippen LogP contribution in [0.4, 0.5) is 10.1 Å². The maximum atomic E-state index is 14.4. The normalized spacial score (nSPS) is 12.0. The lowest BCUT2D eigenvalue weighted by atomic mass is 10.1. The summed E-state index contributed by atoms with van der Waals surface area (Å²) in [7, 11) is 0. The van der Waals surface area contributed by atoms with E-state index in [0.29, 0.717) is 22.9 Å². The van der Waals surface area contributed by atoms with E-state index in [0.717, 1.165) is 21.8 Å². The third-order valence-electron chi connectivity index (χ3n) is 4.54. The van der Waals surface area contributed by atoms with Crippen molar-refractivity contribution in [2.75, 3.05) is 5.32 Å². The molecule has 0 atom stereocenters. The quantitative estimate of drug-likeness (QED) is 0.541. The molecule has 28 heavy (non-hydrogen) atoms. The van der Waals surface area contributed by atoms with Crippen LogP contribution in [-0.2, 0) is 6.61 Å². The summed E-state index contributed by atoms with van der Waals surface area (Å²) in [4.78, 5) is 18.2. The molecule has 0 aliphatic carbocycles. The second kappa shape index (κ2) is 6.61. The van der Waals surface area contributed by atoms with Crippen molar-refractivity contribution in [3.05, 3.63) is 83.5 Å². The number of thiophene rings is 1. The molecule has 3 heterocycles. The predicted octanol–water partition coefficient (Wildman–Crippen LogP) is 4.88. The number of imidazole rings is 1. The number of para-hydroxylation sites is 1. The predicted molar refractivity (Wildman–Crippen MR) is 106 cm³/mol. The van der Waals surface area contributed by atoms with Gasteiger partial charge < -0.3 is 14.6 Å². The highest BCUT2D eigenvalue weighted by Gasteiger charge is 2.22. The molecule has 7 heteroatoms. The van der Waals surface area contributed by atoms with Gasteiger partial charge in [-0.2, -0.15) is 0 Å². The Morgan fingerprint density at radius 1 is 1.21 bits per heavy atom. The Labute approximate surface area is 164 Å². The fourth-order valence-electron chi connectivity index (χ4n) is 3.20. The number of halogens is 1. The van der Waals surface area contributed by atoms with Crippen LogP contribution in [0.1, 0.15) is 15.2 Å². The van der Waals surface area contributed by atoms with Crippen LogP contribution < -0.4 is 10.1 Å². The molecule has 1 amide bonds. The molecular weight excluding hydrogens is 377 g/mol. The van der Waals surface area contributed by atoms with E-state index in [4.69, 9.17) is 4.74 Å². The molecule has 0 saturated heterocycles. The molecule has 1 N–H and O–H groups in total. The van der Waals surface area contributed by atoms with Crippen molar-refractivity contribution in [3.63, 3.8) is 0 Å². The summed E-state index contributed by atoms with van der Waals surface area (Å²) in [6, 6.07) is 14.2. The van der Waals surface area contributed by atoms with E-state index in [1.54, 1.807) is 29.1 Å². The van der Waals surface area contributed by atoms with Crippen molar-refractivity contribution in [3.8, 4) is 21.9 Å². The number of aromatic nitrogens is 2. The molecule has 2 aromatic carbocycles. The number of carbonyl (C=O) groups excluding carboxylic acids is 1. The molecule has 0 saturated carbocycles. The minimum atomic E-state index is -0.441. The van der Waals surface area contributed by atoms with Gasteiger partial charge in [-0.15, -0.1) is 11.3 Å². The van der Waals surface area contributed by atoms with Gasteiger partial charge in [0.1, 0.15) is 18.2 Å². The molecule has 2 aromatic heterocycles. The monoisotopic (exact) mass is 391 g/mol. The number of benzene rings is 2. The molecule has 138 valence electrons. The van der Waals surface area contributed by atoms with Gasteiger partial charge in [-0.3, -0.25) is 4.79 Å². The zero-order valence-electron chi connectivity index (χ0n) is 14.6. The Balaban J connectivity index is 1.40. The van der Waals surface area contributed by atoms with E-state index in [1.165, 1.54) is 23.7 Å². The summed E-state index contributed by atoms with van der Waals surface area (Å²) in [5.41, 5.74) is 2.74. The van der Waals surface area contributed by atoms with Crippen molar-refractivity contribution in [1.82, 2.24) is 9.55 Å². The van der Waals surface area contributed by atoms with Gasteiger partial charge in [0.05, 0.1) is 16.9 Å². The SMILES string of the molecule is O=C(Nc1ccc(-n2ccnc2)c(F)c1)c1cc2c(s1)-c1ccccc1OC2. The molecule has 0 fully saturated rings. The Morgan fingerprint density at radius 2 is 2.11 bits per heavy atom. The molecule has 5 nitrogen and oxygen atoms in total. The fourth-order valence-corrected chi connectivity index (χ4v) is 4.29. The van der Waals surface area contributed by atoms with Crippen LogP contribution in [0.5, 0.6) is 5.75 Å². The molecule has 5 rings (SSSR count). The van der Waals surface area contributed by atoms with Gasteiger partial charge in [-0.25, -0.2) is 9.37 Å². The van der Waals surface area contributed by atoms with Crippen LogP contribution in [0.3, 0.4) is 0 Å². The highest BCUT2D eigenvalue weighted by molar-refractivity contribution is 7.17. The lowest BCUT2D eigenvalue weighted by Gasteiger charge is -2.16. The summed E-state index contributed by atoms with van der Waals surface area (Å²) in [5, 5.41) is 2.77. The number of rotatable bonds is 3. The van der Waals surface area contributed by atoms with Gasteiger partial charge in [0, 0.05) is 34.1 Å². The van der Waals surface area contributed by atoms with Crippen molar-refractivity contribution in [1.29, 1.82) is 0 Å². The minimum absolute atomic E-state index is 0.272. The first-order valence-corrected chi connectivity index (χ1v) is 9.45. The number of nitrogens with one attached hydrogen (secondary N) is 1. The number of ether oxygens (including phenoxy) is 1. The number of fused-ring (bicyclic) bond motifs is 3. The first kappa shape index (κ1) is 16.7. The van der Waals surface area contributed by atoms with Crippen LogP contribution in [0.2, 0.25) is 0 Å². The van der Waals surface area contributed by atoms with Gasteiger partial charge in [-0.1, -0.05) is 12.1 Å². The standard InChI is InChI=1S/C21H14FN3O2S/c22-16-10-14(5-6-17(16)25-8-7-23-12-25)24-21(26)19-9-13-11-27-18-4-2-1-3-15(18)20(13)28-19/h1-10,12H,11H2,(H,24,26). The fraction of sp³-hybridized carbons (Fsp3) is 0.0476. The Hall–Kier alpha value is -3.45. The lowest BCUT2D eigenvalue weighted by molar-refractivity contribution is 0.103. The number of amides is 1. The van der Waals surface area contributed by atoms with E-state index in [-0.39, 0.29) is 5.91 Å². The largest absolute Gasteiger partial charge is 0.488 e. The summed E-state index contributed by atoms with van der Waals surface area (Å²) in [6.07, 6.45) is 4.76. The van der Waals surface area contributed by atoms with Crippen LogP contribution >= 0.6 is 11.3 Å². The van der Waals surface area contributed by atoms with Gasteiger partial charge in [0.25, 0.3) is 5.91 Å². The summed E-state index contributed by atoms with van der Waals surface area (Å²) < 4.78 is 21.7. The highest BCUT2D eigenvalue weighted by Crippen LogP contribution is 2.42. The van der Waals surface area contributed by atoms with E-state index < -0.39 is 5.82 Å². The lowest BCUT2D eigenvalue weighted by Crippen LogP contribution is -2.10. The molecule has 1 aliphatic heterocycles. The van der Waals surface area contributed by atoms with E-state index in [2.05, 4.69) is 10.3 Å². The zero-order valence-corrected chi connectivity index (χ0v) is 15.4. The molecule has 1 aliphatic rings. The second-order valence-corrected chi connectivity index (χ2v) is 7.39. The van der Waals surface area contributed by atoms with E-state index >= 15 is 0 Å². The van der Waals surface area contributed by atoms with Crippen molar-refractivity contribution in [2.24, 2.45) is 0 Å². The number of hydrogen-bond donors (Lipinski definition) is 1. The molecular formula is C21H14FN3O2S. The molecule has 4 aromatic rings. The van der Waals surface area contributed by atoms with Gasteiger partial charge in [0.15, 0.2) is 0 Å². The third kappa shape index (κ3) is 2.86. The topological polar surface area (TPSA) is 56.2 Å².